The third kappa shape index (κ3) is 2.47. The number of benzene rings is 2. The summed E-state index contributed by atoms with van der Waals surface area (Å²) in [5, 5.41) is 12.6. The molecular formula is C19H20N4O3. The molecule has 1 N–H and O–H groups in total. The summed E-state index contributed by atoms with van der Waals surface area (Å²) in [5.41, 5.74) is 2.14. The first-order valence-electron chi connectivity index (χ1n) is 8.45. The summed E-state index contributed by atoms with van der Waals surface area (Å²) >= 11 is 0. The lowest BCUT2D eigenvalue weighted by atomic mass is 9.90. The van der Waals surface area contributed by atoms with E-state index in [4.69, 9.17) is 14.6 Å². The van der Waals surface area contributed by atoms with E-state index in [0.717, 1.165) is 22.7 Å². The van der Waals surface area contributed by atoms with Gasteiger partial charge in [-0.3, -0.25) is 4.90 Å². The van der Waals surface area contributed by atoms with Gasteiger partial charge in [-0.25, -0.2) is 4.79 Å². The van der Waals surface area contributed by atoms with E-state index >= 15 is 0 Å². The molecule has 26 heavy (non-hydrogen) atoms. The highest BCUT2D eigenvalue weighted by molar-refractivity contribution is 5.72. The van der Waals surface area contributed by atoms with Crippen molar-refractivity contribution < 1.29 is 14.3 Å². The molecule has 0 saturated carbocycles. The van der Waals surface area contributed by atoms with Gasteiger partial charge < -0.3 is 14.8 Å². The van der Waals surface area contributed by atoms with Crippen LogP contribution in [0, 0.1) is 0 Å². The highest BCUT2D eigenvalue weighted by Gasteiger charge is 2.56. The van der Waals surface area contributed by atoms with Crippen LogP contribution >= 0.6 is 0 Å². The van der Waals surface area contributed by atoms with E-state index in [1.54, 1.807) is 12.0 Å². The Balaban J connectivity index is 1.72. The largest absolute Gasteiger partial charge is 0.497 e. The summed E-state index contributed by atoms with van der Waals surface area (Å²) in [4.78, 5) is 13.8. The van der Waals surface area contributed by atoms with E-state index in [1.807, 2.05) is 48.5 Å². The van der Waals surface area contributed by atoms with Crippen molar-refractivity contribution >= 4 is 17.5 Å². The Kier molecular flexibility index (Phi) is 3.99. The van der Waals surface area contributed by atoms with E-state index in [0.29, 0.717) is 13.0 Å². The van der Waals surface area contributed by atoms with Gasteiger partial charge in [0.05, 0.1) is 19.9 Å². The molecule has 0 aromatic heterocycles. The molecule has 2 aromatic rings. The second kappa shape index (κ2) is 6.33. The number of likely N-dealkylation sites (tertiary alicyclic amines) is 1. The number of para-hydroxylation sites is 1. The molecular weight excluding hydrogens is 332 g/mol. The Morgan fingerprint density at radius 2 is 1.96 bits per heavy atom. The van der Waals surface area contributed by atoms with Gasteiger partial charge >= 0.3 is 6.09 Å². The fourth-order valence-corrected chi connectivity index (χ4v) is 3.70. The maximum Gasteiger partial charge on any atom is 0.411 e. The van der Waals surface area contributed by atoms with Crippen molar-refractivity contribution in [1.29, 1.82) is 0 Å². The number of nitrogens with one attached hydrogen (secondary N) is 1. The van der Waals surface area contributed by atoms with Gasteiger partial charge in [-0.1, -0.05) is 18.2 Å². The minimum Gasteiger partial charge on any atom is -0.497 e. The summed E-state index contributed by atoms with van der Waals surface area (Å²) in [7, 11) is 3.02. The third-order valence-electron chi connectivity index (χ3n) is 5.01. The average Bonchev–Trinajstić information content (AvgIpc) is 3.20. The number of fused-ring (bicyclic) bond motifs is 3. The lowest BCUT2D eigenvalue weighted by Crippen LogP contribution is -2.45. The molecule has 1 saturated heterocycles. The van der Waals surface area contributed by atoms with Gasteiger partial charge in [-0.05, 0) is 30.3 Å². The van der Waals surface area contributed by atoms with E-state index in [9.17, 15) is 4.79 Å². The minimum atomic E-state index is -0.620. The van der Waals surface area contributed by atoms with Crippen molar-refractivity contribution in [3.8, 4) is 5.75 Å². The van der Waals surface area contributed by atoms with Crippen molar-refractivity contribution in [2.75, 3.05) is 26.1 Å². The molecule has 0 bridgehead atoms. The third-order valence-corrected chi connectivity index (χ3v) is 5.01. The van der Waals surface area contributed by atoms with Gasteiger partial charge in [0.25, 0.3) is 0 Å². The molecule has 2 heterocycles. The predicted octanol–water partition coefficient (Wildman–Crippen LogP) is 3.90. The Bertz CT molecular complexity index is 852. The number of rotatable bonds is 3. The van der Waals surface area contributed by atoms with Crippen molar-refractivity contribution in [2.24, 2.45) is 10.2 Å². The number of hydrogen-bond donors (Lipinski definition) is 1. The van der Waals surface area contributed by atoms with Crippen molar-refractivity contribution in [3.63, 3.8) is 0 Å². The van der Waals surface area contributed by atoms with Crippen LogP contribution in [0.5, 0.6) is 5.75 Å². The van der Waals surface area contributed by atoms with Crippen LogP contribution in [0.15, 0.2) is 58.8 Å². The monoisotopic (exact) mass is 352 g/mol. The van der Waals surface area contributed by atoms with E-state index < -0.39 is 5.54 Å². The van der Waals surface area contributed by atoms with Gasteiger partial charge in [-0.2, -0.15) is 10.2 Å². The first-order chi connectivity index (χ1) is 12.7. The predicted molar refractivity (Wildman–Crippen MR) is 96.8 cm³/mol. The molecule has 134 valence electrons. The quantitative estimate of drug-likeness (QED) is 0.850. The highest BCUT2D eigenvalue weighted by atomic mass is 16.5. The van der Waals surface area contributed by atoms with Crippen molar-refractivity contribution in [2.45, 2.75) is 18.1 Å². The molecule has 7 heteroatoms. The summed E-state index contributed by atoms with van der Waals surface area (Å²) in [5.74, 6) is 0.769. The number of ether oxygens (including phenoxy) is 2. The van der Waals surface area contributed by atoms with Crippen LogP contribution in [0.2, 0.25) is 0 Å². The van der Waals surface area contributed by atoms with Gasteiger partial charge in [0, 0.05) is 24.2 Å². The Hall–Kier alpha value is -3.09. The highest BCUT2D eigenvalue weighted by Crippen LogP contribution is 2.50. The van der Waals surface area contributed by atoms with E-state index in [1.165, 1.54) is 7.11 Å². The van der Waals surface area contributed by atoms with Crippen LogP contribution in [0.25, 0.3) is 0 Å². The molecule has 4 rings (SSSR count). The van der Waals surface area contributed by atoms with Crippen LogP contribution in [-0.2, 0) is 10.3 Å². The summed E-state index contributed by atoms with van der Waals surface area (Å²) in [6, 6.07) is 15.4. The molecule has 1 fully saturated rings. The number of anilines is 1. The fourth-order valence-electron chi connectivity index (χ4n) is 3.70. The zero-order valence-electron chi connectivity index (χ0n) is 14.7. The van der Waals surface area contributed by atoms with Crippen molar-refractivity contribution in [3.05, 3.63) is 54.1 Å². The van der Waals surface area contributed by atoms with Gasteiger partial charge in [0.1, 0.15) is 17.5 Å². The van der Waals surface area contributed by atoms with Crippen molar-refractivity contribution in [1.82, 2.24) is 4.90 Å². The second-order valence-electron chi connectivity index (χ2n) is 6.33. The van der Waals surface area contributed by atoms with Crippen LogP contribution in [0.3, 0.4) is 0 Å². The van der Waals surface area contributed by atoms with Crippen LogP contribution in [0.4, 0.5) is 16.2 Å². The number of azo groups is 1. The molecule has 0 spiro atoms. The lowest BCUT2D eigenvalue weighted by molar-refractivity contribution is 0.118. The Morgan fingerprint density at radius 1 is 1.19 bits per heavy atom. The first-order valence-corrected chi connectivity index (χ1v) is 8.45. The standard InChI is InChI=1S/C19H20N4O3/c1-25-14-9-7-13(8-10-14)21-22-19-11-12-23(18(24)26-2)17(19)20-16-6-4-3-5-15(16)19/h3-10,17,20H,11-12H2,1-2H3/t17?,19-/m0/s1. The molecule has 2 aliphatic heterocycles. The number of methoxy groups -OCH3 is 2. The maximum atomic E-state index is 12.2. The zero-order valence-corrected chi connectivity index (χ0v) is 14.7. The van der Waals surface area contributed by atoms with E-state index in [-0.39, 0.29) is 12.3 Å². The number of nitrogens with zero attached hydrogens (tertiary/aromatic N) is 3. The number of carbonyl (C=O) groups excluding carboxylic acids is 1. The summed E-state index contributed by atoms with van der Waals surface area (Å²) in [6.07, 6.45) is 0.00218. The average molecular weight is 352 g/mol. The van der Waals surface area contributed by atoms with Gasteiger partial charge in [0.15, 0.2) is 0 Å². The lowest BCUT2D eigenvalue weighted by Gasteiger charge is -2.27. The topological polar surface area (TPSA) is 75.5 Å². The first kappa shape index (κ1) is 16.4. The molecule has 0 aliphatic carbocycles. The van der Waals surface area contributed by atoms with Crippen LogP contribution < -0.4 is 10.1 Å². The molecule has 2 aliphatic rings. The molecule has 2 aromatic carbocycles. The number of amides is 1. The molecule has 7 nitrogen and oxygen atoms in total. The minimum absolute atomic E-state index is 0.311. The number of carbonyl (C=O) groups is 1. The van der Waals surface area contributed by atoms with E-state index in [2.05, 4.69) is 10.4 Å². The van der Waals surface area contributed by atoms with Gasteiger partial charge in [-0.15, -0.1) is 0 Å². The SMILES string of the molecule is COC(=O)N1CC[C@]2(N=Nc3ccc(OC)cc3)c3ccccc3NC12. The second-order valence-corrected chi connectivity index (χ2v) is 6.33. The molecule has 2 atom stereocenters. The summed E-state index contributed by atoms with van der Waals surface area (Å²) < 4.78 is 10.1. The van der Waals surface area contributed by atoms with Crippen LogP contribution in [0.1, 0.15) is 12.0 Å². The number of hydrogen-bond acceptors (Lipinski definition) is 6. The summed E-state index contributed by atoms with van der Waals surface area (Å²) in [6.45, 7) is 0.556. The Morgan fingerprint density at radius 3 is 2.69 bits per heavy atom. The fraction of sp³-hybridized carbons (Fsp3) is 0.316. The zero-order chi connectivity index (χ0) is 18.1. The molecule has 0 radical (unpaired) electrons. The Labute approximate surface area is 151 Å². The maximum absolute atomic E-state index is 12.2. The normalized spacial score (nSPS) is 23.5. The molecule has 1 unspecified atom stereocenters. The van der Waals surface area contributed by atoms with Crippen LogP contribution in [-0.4, -0.2) is 37.9 Å². The smallest absolute Gasteiger partial charge is 0.411 e. The molecule has 1 amide bonds. The van der Waals surface area contributed by atoms with Gasteiger partial charge in [0.2, 0.25) is 0 Å².